The van der Waals surface area contributed by atoms with Crippen LogP contribution < -0.4 is 0 Å². The lowest BCUT2D eigenvalue weighted by molar-refractivity contribution is -0.141. The highest BCUT2D eigenvalue weighted by Crippen LogP contribution is 2.12. The summed E-state index contributed by atoms with van der Waals surface area (Å²) in [6, 6.07) is 0. The highest BCUT2D eigenvalue weighted by Gasteiger charge is 1.95. The molecular formula is C17H34O2. The Kier molecular flexibility index (Phi) is 15.1. The van der Waals surface area contributed by atoms with Crippen molar-refractivity contribution in [2.24, 2.45) is 0 Å². The summed E-state index contributed by atoms with van der Waals surface area (Å²) in [5.74, 6) is -0.154. The summed E-state index contributed by atoms with van der Waals surface area (Å²) in [5.41, 5.74) is 0. The molecule has 0 aliphatic rings. The highest BCUT2D eigenvalue weighted by atomic mass is 16.5. The van der Waals surface area contributed by atoms with Crippen molar-refractivity contribution in [3.8, 4) is 0 Å². The van der Waals surface area contributed by atoms with E-state index < -0.39 is 0 Å². The fourth-order valence-electron chi connectivity index (χ4n) is 2.34. The van der Waals surface area contributed by atoms with E-state index in [-0.39, 0.29) is 5.97 Å². The monoisotopic (exact) mass is 270 g/mol. The summed E-state index contributed by atoms with van der Waals surface area (Å²) in [4.78, 5) is 10.5. The van der Waals surface area contributed by atoms with Crippen molar-refractivity contribution in [3.63, 3.8) is 0 Å². The fraction of sp³-hybridized carbons (Fsp3) is 0.941. The van der Waals surface area contributed by atoms with E-state index in [4.69, 9.17) is 4.74 Å². The van der Waals surface area contributed by atoms with Gasteiger partial charge in [-0.1, -0.05) is 84.0 Å². The summed E-state index contributed by atoms with van der Waals surface area (Å²) >= 11 is 0. The minimum absolute atomic E-state index is 0.154. The average Bonchev–Trinajstić information content (AvgIpc) is 2.39. The Labute approximate surface area is 120 Å². The van der Waals surface area contributed by atoms with Gasteiger partial charge in [-0.2, -0.15) is 0 Å². The lowest BCUT2D eigenvalue weighted by Gasteiger charge is -2.03. The number of rotatable bonds is 14. The third-order valence-electron chi connectivity index (χ3n) is 3.55. The molecule has 0 unspecified atom stereocenters. The van der Waals surface area contributed by atoms with Gasteiger partial charge in [-0.05, 0) is 6.42 Å². The van der Waals surface area contributed by atoms with Crippen LogP contribution in [0.4, 0.5) is 0 Å². The second-order valence-electron chi connectivity index (χ2n) is 5.58. The third kappa shape index (κ3) is 17.5. The maximum atomic E-state index is 10.5. The Balaban J connectivity index is 2.93. The quantitative estimate of drug-likeness (QED) is 0.301. The molecule has 0 heterocycles. The molecule has 0 saturated carbocycles. The van der Waals surface area contributed by atoms with Crippen molar-refractivity contribution in [2.45, 2.75) is 97.3 Å². The molecule has 0 rings (SSSR count). The number of carbonyl (C=O) groups excluding carboxylic acids is 1. The van der Waals surface area contributed by atoms with Crippen LogP contribution in [0.25, 0.3) is 0 Å². The molecule has 0 radical (unpaired) electrons. The second-order valence-corrected chi connectivity index (χ2v) is 5.58. The maximum Gasteiger partial charge on any atom is 0.302 e. The number of carbonyl (C=O) groups is 1. The van der Waals surface area contributed by atoms with E-state index in [1.165, 1.54) is 84.0 Å². The van der Waals surface area contributed by atoms with Gasteiger partial charge in [-0.25, -0.2) is 0 Å². The van der Waals surface area contributed by atoms with Crippen molar-refractivity contribution in [2.75, 3.05) is 6.61 Å². The van der Waals surface area contributed by atoms with E-state index in [9.17, 15) is 4.79 Å². The number of esters is 1. The SMILES string of the molecule is CCCCCCCCCCCCCCCOC(C)=O. The Morgan fingerprint density at radius 3 is 1.42 bits per heavy atom. The van der Waals surface area contributed by atoms with Crippen molar-refractivity contribution >= 4 is 5.97 Å². The molecule has 0 aromatic heterocycles. The van der Waals surface area contributed by atoms with E-state index in [1.54, 1.807) is 0 Å². The molecule has 0 aliphatic heterocycles. The highest BCUT2D eigenvalue weighted by molar-refractivity contribution is 5.65. The fourth-order valence-corrected chi connectivity index (χ4v) is 2.34. The molecule has 0 atom stereocenters. The molecule has 0 aromatic carbocycles. The molecule has 2 nitrogen and oxygen atoms in total. The third-order valence-corrected chi connectivity index (χ3v) is 3.55. The van der Waals surface area contributed by atoms with Crippen LogP contribution in [-0.2, 0) is 9.53 Å². The first-order chi connectivity index (χ1) is 9.27. The lowest BCUT2D eigenvalue weighted by Crippen LogP contribution is -2.00. The van der Waals surface area contributed by atoms with Gasteiger partial charge in [0.15, 0.2) is 0 Å². The van der Waals surface area contributed by atoms with E-state index in [0.717, 1.165) is 6.42 Å². The van der Waals surface area contributed by atoms with Crippen LogP contribution in [0.1, 0.15) is 97.3 Å². The van der Waals surface area contributed by atoms with Gasteiger partial charge in [0.05, 0.1) is 6.61 Å². The summed E-state index contributed by atoms with van der Waals surface area (Å²) < 4.78 is 4.90. The van der Waals surface area contributed by atoms with Crippen LogP contribution in [0.3, 0.4) is 0 Å². The van der Waals surface area contributed by atoms with Gasteiger partial charge >= 0.3 is 5.97 Å². The van der Waals surface area contributed by atoms with Gasteiger partial charge in [0.25, 0.3) is 0 Å². The predicted octanol–water partition coefficient (Wildman–Crippen LogP) is 5.64. The van der Waals surface area contributed by atoms with Crippen LogP contribution in [0.2, 0.25) is 0 Å². The molecule has 0 spiro atoms. The number of hydrogen-bond donors (Lipinski definition) is 0. The first kappa shape index (κ1) is 18.5. The van der Waals surface area contributed by atoms with Crippen LogP contribution in [0, 0.1) is 0 Å². The maximum absolute atomic E-state index is 10.5. The summed E-state index contributed by atoms with van der Waals surface area (Å²) in [7, 11) is 0. The van der Waals surface area contributed by atoms with Gasteiger partial charge in [-0.3, -0.25) is 4.79 Å². The summed E-state index contributed by atoms with van der Waals surface area (Å²) in [5, 5.41) is 0. The Bertz CT molecular complexity index is 190. The smallest absolute Gasteiger partial charge is 0.302 e. The zero-order valence-corrected chi connectivity index (χ0v) is 13.2. The van der Waals surface area contributed by atoms with Crippen LogP contribution in [-0.4, -0.2) is 12.6 Å². The zero-order valence-electron chi connectivity index (χ0n) is 13.2. The molecule has 0 bridgehead atoms. The van der Waals surface area contributed by atoms with Gasteiger partial charge < -0.3 is 4.74 Å². The van der Waals surface area contributed by atoms with Gasteiger partial charge in [0.2, 0.25) is 0 Å². The minimum atomic E-state index is -0.154. The van der Waals surface area contributed by atoms with Gasteiger partial charge in [0, 0.05) is 6.92 Å². The van der Waals surface area contributed by atoms with Crippen LogP contribution in [0.5, 0.6) is 0 Å². The van der Waals surface area contributed by atoms with Crippen LogP contribution >= 0.6 is 0 Å². The van der Waals surface area contributed by atoms with Gasteiger partial charge in [0.1, 0.15) is 0 Å². The van der Waals surface area contributed by atoms with E-state index >= 15 is 0 Å². The first-order valence-corrected chi connectivity index (χ1v) is 8.40. The Morgan fingerprint density at radius 2 is 1.05 bits per heavy atom. The average molecular weight is 270 g/mol. The van der Waals surface area contributed by atoms with E-state index in [1.807, 2.05) is 0 Å². The molecule has 19 heavy (non-hydrogen) atoms. The Hall–Kier alpha value is -0.530. The molecular weight excluding hydrogens is 236 g/mol. The predicted molar refractivity (Wildman–Crippen MR) is 82.3 cm³/mol. The lowest BCUT2D eigenvalue weighted by atomic mass is 10.0. The molecule has 0 aliphatic carbocycles. The zero-order chi connectivity index (χ0) is 14.2. The van der Waals surface area contributed by atoms with Crippen molar-refractivity contribution in [1.82, 2.24) is 0 Å². The molecule has 0 saturated heterocycles. The molecule has 0 amide bonds. The van der Waals surface area contributed by atoms with Crippen LogP contribution in [0.15, 0.2) is 0 Å². The second kappa shape index (κ2) is 15.5. The minimum Gasteiger partial charge on any atom is -0.466 e. The van der Waals surface area contributed by atoms with Crippen molar-refractivity contribution in [1.29, 1.82) is 0 Å². The number of ether oxygens (including phenoxy) is 1. The van der Waals surface area contributed by atoms with E-state index in [2.05, 4.69) is 6.92 Å². The molecule has 0 aromatic rings. The summed E-state index contributed by atoms with van der Waals surface area (Å²) in [6.45, 7) is 4.35. The summed E-state index contributed by atoms with van der Waals surface area (Å²) in [6.07, 6.45) is 17.5. The topological polar surface area (TPSA) is 26.3 Å². The molecule has 0 fully saturated rings. The molecule has 114 valence electrons. The largest absolute Gasteiger partial charge is 0.466 e. The van der Waals surface area contributed by atoms with E-state index in [0.29, 0.717) is 6.61 Å². The molecule has 2 heteroatoms. The van der Waals surface area contributed by atoms with Crippen molar-refractivity contribution < 1.29 is 9.53 Å². The number of hydrogen-bond acceptors (Lipinski definition) is 2. The van der Waals surface area contributed by atoms with Gasteiger partial charge in [-0.15, -0.1) is 0 Å². The molecule has 0 N–H and O–H groups in total. The number of unbranched alkanes of at least 4 members (excludes halogenated alkanes) is 12. The standard InChI is InChI=1S/C17H34O2/c1-3-4-5-6-7-8-9-10-11-12-13-14-15-16-19-17(2)18/h3-16H2,1-2H3. The Morgan fingerprint density at radius 1 is 0.684 bits per heavy atom. The normalized spacial score (nSPS) is 10.6. The van der Waals surface area contributed by atoms with Crippen molar-refractivity contribution in [3.05, 3.63) is 0 Å². The first-order valence-electron chi connectivity index (χ1n) is 8.40.